The molecule has 1 aliphatic rings. The number of fused-ring (bicyclic) bond motifs is 1. The van der Waals surface area contributed by atoms with E-state index in [0.717, 1.165) is 19.3 Å². The summed E-state index contributed by atoms with van der Waals surface area (Å²) < 4.78 is 5.76. The lowest BCUT2D eigenvalue weighted by Crippen LogP contribution is -2.42. The van der Waals surface area contributed by atoms with Crippen LogP contribution in [0.1, 0.15) is 125 Å². The van der Waals surface area contributed by atoms with Crippen LogP contribution in [0.5, 0.6) is 17.2 Å². The molecule has 5 heteroatoms. The fourth-order valence-electron chi connectivity index (χ4n) is 4.49. The van der Waals surface area contributed by atoms with Gasteiger partial charge in [0.25, 0.3) is 0 Å². The van der Waals surface area contributed by atoms with Gasteiger partial charge in [-0.2, -0.15) is 0 Å². The lowest BCUT2D eigenvalue weighted by atomic mass is 9.90. The Morgan fingerprint density at radius 3 is 1.77 bits per heavy atom. The monoisotopic (exact) mass is 434 g/mol. The molecule has 1 aromatic rings. The fraction of sp³-hybridized carbons (Fsp3) is 0.731. The van der Waals surface area contributed by atoms with Crippen molar-refractivity contribution < 1.29 is 24.9 Å². The standard InChI is InChI=1S/C26H42O5/c1-4-5-6-7-8-9-10-11-12-13-14-15-16-17-26(30)18-21(27)22-24(29)19(2)23(28)20(3)25(22)31-26/h28-30H,4-18H2,1-3H3. The highest BCUT2D eigenvalue weighted by Crippen LogP contribution is 2.47. The molecule has 0 aliphatic carbocycles. The number of ether oxygens (including phenoxy) is 1. The molecule has 1 heterocycles. The molecule has 31 heavy (non-hydrogen) atoms. The first-order valence-corrected chi connectivity index (χ1v) is 12.3. The summed E-state index contributed by atoms with van der Waals surface area (Å²) in [5.41, 5.74) is 0.708. The molecular formula is C26H42O5. The maximum atomic E-state index is 12.6. The molecule has 3 N–H and O–H groups in total. The van der Waals surface area contributed by atoms with Gasteiger partial charge in [0, 0.05) is 17.5 Å². The van der Waals surface area contributed by atoms with E-state index in [-0.39, 0.29) is 40.6 Å². The number of hydrogen-bond acceptors (Lipinski definition) is 5. The normalized spacial score (nSPS) is 18.1. The van der Waals surface area contributed by atoms with E-state index in [1.807, 2.05) is 0 Å². The number of aliphatic hydroxyl groups is 1. The van der Waals surface area contributed by atoms with E-state index in [2.05, 4.69) is 6.92 Å². The van der Waals surface area contributed by atoms with Gasteiger partial charge in [0.1, 0.15) is 22.8 Å². The lowest BCUT2D eigenvalue weighted by Gasteiger charge is -2.35. The fourth-order valence-corrected chi connectivity index (χ4v) is 4.49. The Labute approximate surface area is 187 Å². The van der Waals surface area contributed by atoms with Gasteiger partial charge in [-0.15, -0.1) is 0 Å². The van der Waals surface area contributed by atoms with Gasteiger partial charge in [0.05, 0.1) is 6.42 Å². The Morgan fingerprint density at radius 1 is 0.774 bits per heavy atom. The van der Waals surface area contributed by atoms with Crippen LogP contribution in [0.3, 0.4) is 0 Å². The molecule has 2 rings (SSSR count). The molecule has 0 aromatic heterocycles. The second-order valence-corrected chi connectivity index (χ2v) is 9.29. The molecule has 0 saturated heterocycles. The van der Waals surface area contributed by atoms with Gasteiger partial charge >= 0.3 is 0 Å². The number of rotatable bonds is 14. The smallest absolute Gasteiger partial charge is 0.215 e. The van der Waals surface area contributed by atoms with Crippen LogP contribution in [-0.2, 0) is 0 Å². The van der Waals surface area contributed by atoms with Gasteiger partial charge in [0.2, 0.25) is 5.79 Å². The van der Waals surface area contributed by atoms with Crippen molar-refractivity contribution in [2.45, 2.75) is 123 Å². The minimum absolute atomic E-state index is 0.0721. The quantitative estimate of drug-likeness (QED) is 0.279. The highest BCUT2D eigenvalue weighted by atomic mass is 16.6. The average molecular weight is 435 g/mol. The minimum Gasteiger partial charge on any atom is -0.507 e. The number of carbonyl (C=O) groups is 1. The summed E-state index contributed by atoms with van der Waals surface area (Å²) in [4.78, 5) is 12.6. The summed E-state index contributed by atoms with van der Waals surface area (Å²) in [5, 5.41) is 31.2. The summed E-state index contributed by atoms with van der Waals surface area (Å²) in [6.07, 6.45) is 16.3. The third-order valence-corrected chi connectivity index (χ3v) is 6.55. The molecule has 0 amide bonds. The van der Waals surface area contributed by atoms with E-state index in [9.17, 15) is 20.1 Å². The van der Waals surface area contributed by atoms with Crippen molar-refractivity contribution in [3.63, 3.8) is 0 Å². The van der Waals surface area contributed by atoms with E-state index in [0.29, 0.717) is 12.0 Å². The molecule has 0 fully saturated rings. The SMILES string of the molecule is CCCCCCCCCCCCCCCC1(O)CC(=O)c2c(O)c(C)c(O)c(C)c2O1. The molecule has 1 unspecified atom stereocenters. The summed E-state index contributed by atoms with van der Waals surface area (Å²) in [6, 6.07) is 0. The maximum Gasteiger partial charge on any atom is 0.215 e. The van der Waals surface area contributed by atoms with E-state index in [1.165, 1.54) is 64.2 Å². The first-order valence-electron chi connectivity index (χ1n) is 12.3. The third kappa shape index (κ3) is 7.13. The Balaban J connectivity index is 1.67. The molecule has 1 aliphatic heterocycles. The van der Waals surface area contributed by atoms with Gasteiger partial charge in [-0.25, -0.2) is 0 Å². The second kappa shape index (κ2) is 12.3. The summed E-state index contributed by atoms with van der Waals surface area (Å²) in [6.45, 7) is 5.44. The topological polar surface area (TPSA) is 87.0 Å². The zero-order valence-electron chi connectivity index (χ0n) is 19.8. The number of phenolic OH excluding ortho intramolecular Hbond substituents is 2. The Bertz CT molecular complexity index is 727. The van der Waals surface area contributed by atoms with Crippen LogP contribution in [0.4, 0.5) is 0 Å². The van der Waals surface area contributed by atoms with E-state index in [1.54, 1.807) is 13.8 Å². The molecule has 0 spiro atoms. The molecule has 5 nitrogen and oxygen atoms in total. The highest BCUT2D eigenvalue weighted by Gasteiger charge is 2.41. The van der Waals surface area contributed by atoms with Crippen LogP contribution in [0.25, 0.3) is 0 Å². The Kier molecular flexibility index (Phi) is 10.1. The van der Waals surface area contributed by atoms with Crippen molar-refractivity contribution in [2.75, 3.05) is 0 Å². The van der Waals surface area contributed by atoms with E-state index in [4.69, 9.17) is 4.74 Å². The number of unbranched alkanes of at least 4 members (excludes halogenated alkanes) is 12. The Hall–Kier alpha value is -1.75. The predicted molar refractivity (Wildman–Crippen MR) is 124 cm³/mol. The zero-order chi connectivity index (χ0) is 22.9. The minimum atomic E-state index is -1.57. The van der Waals surface area contributed by atoms with Crippen molar-refractivity contribution >= 4 is 5.78 Å². The van der Waals surface area contributed by atoms with Gasteiger partial charge in [-0.1, -0.05) is 84.0 Å². The number of Topliss-reactive ketones (excluding diaryl/α,β-unsaturated/α-hetero) is 1. The number of benzene rings is 1. The van der Waals surface area contributed by atoms with Crippen molar-refractivity contribution in [1.82, 2.24) is 0 Å². The van der Waals surface area contributed by atoms with Crippen molar-refractivity contribution in [3.8, 4) is 17.2 Å². The van der Waals surface area contributed by atoms with Crippen LogP contribution in [0, 0.1) is 13.8 Å². The predicted octanol–water partition coefficient (Wildman–Crippen LogP) is 6.85. The largest absolute Gasteiger partial charge is 0.507 e. The van der Waals surface area contributed by atoms with Crippen LogP contribution < -0.4 is 4.74 Å². The second-order valence-electron chi connectivity index (χ2n) is 9.29. The Morgan fingerprint density at radius 2 is 1.26 bits per heavy atom. The number of carbonyl (C=O) groups excluding carboxylic acids is 1. The average Bonchev–Trinajstić information content (AvgIpc) is 2.73. The summed E-state index contributed by atoms with van der Waals surface area (Å²) in [5.74, 6) is -2.17. The maximum absolute atomic E-state index is 12.6. The first kappa shape index (κ1) is 25.5. The van der Waals surface area contributed by atoms with Crippen LogP contribution in [0.2, 0.25) is 0 Å². The van der Waals surface area contributed by atoms with Crippen LogP contribution in [0.15, 0.2) is 0 Å². The molecule has 0 radical (unpaired) electrons. The van der Waals surface area contributed by atoms with Crippen LogP contribution in [-0.4, -0.2) is 26.9 Å². The van der Waals surface area contributed by atoms with Crippen LogP contribution >= 0.6 is 0 Å². The molecule has 176 valence electrons. The molecular weight excluding hydrogens is 392 g/mol. The molecule has 0 bridgehead atoms. The number of aromatic hydroxyl groups is 2. The zero-order valence-corrected chi connectivity index (χ0v) is 19.8. The number of hydrogen-bond donors (Lipinski definition) is 3. The van der Waals surface area contributed by atoms with Gasteiger partial charge in [-0.05, 0) is 20.3 Å². The highest BCUT2D eigenvalue weighted by molar-refractivity contribution is 6.04. The lowest BCUT2D eigenvalue weighted by molar-refractivity contribution is -0.145. The van der Waals surface area contributed by atoms with E-state index < -0.39 is 5.79 Å². The summed E-state index contributed by atoms with van der Waals surface area (Å²) in [7, 11) is 0. The van der Waals surface area contributed by atoms with Crippen molar-refractivity contribution in [2.24, 2.45) is 0 Å². The molecule has 1 atom stereocenters. The van der Waals surface area contributed by atoms with Gasteiger partial charge in [-0.3, -0.25) is 4.79 Å². The van der Waals surface area contributed by atoms with Gasteiger partial charge in [0.15, 0.2) is 5.78 Å². The molecule has 1 aromatic carbocycles. The first-order chi connectivity index (χ1) is 14.8. The van der Waals surface area contributed by atoms with E-state index >= 15 is 0 Å². The number of ketones is 1. The summed E-state index contributed by atoms with van der Waals surface area (Å²) >= 11 is 0. The molecule has 0 saturated carbocycles. The van der Waals surface area contributed by atoms with Crippen molar-refractivity contribution in [3.05, 3.63) is 16.7 Å². The van der Waals surface area contributed by atoms with Crippen molar-refractivity contribution in [1.29, 1.82) is 0 Å². The van der Waals surface area contributed by atoms with Gasteiger partial charge < -0.3 is 20.1 Å². The third-order valence-electron chi connectivity index (χ3n) is 6.55. The number of phenols is 2.